The second-order valence-corrected chi connectivity index (χ2v) is 3.08. The summed E-state index contributed by atoms with van der Waals surface area (Å²) in [5.74, 6) is 1.28. The first-order valence-electron chi connectivity index (χ1n) is 4.61. The largest absolute Gasteiger partial charge is 0.486 e. The Bertz CT molecular complexity index is 465. The summed E-state index contributed by atoms with van der Waals surface area (Å²) in [5.41, 5.74) is 0.0466. The van der Waals surface area contributed by atoms with Gasteiger partial charge in [-0.3, -0.25) is 10.1 Å². The molecule has 0 aliphatic carbocycles. The van der Waals surface area contributed by atoms with Crippen LogP contribution < -0.4 is 4.74 Å². The van der Waals surface area contributed by atoms with E-state index < -0.39 is 4.92 Å². The van der Waals surface area contributed by atoms with Gasteiger partial charge in [-0.2, -0.15) is 0 Å². The summed E-state index contributed by atoms with van der Waals surface area (Å²) in [6.45, 7) is 0.310. The number of nitro benzene ring substituents is 1. The number of hydrogen-bond acceptors (Lipinski definition) is 4. The maximum atomic E-state index is 10.4. The van der Waals surface area contributed by atoms with Crippen molar-refractivity contribution in [1.29, 1.82) is 0 Å². The summed E-state index contributed by atoms with van der Waals surface area (Å²) in [6, 6.07) is 5.91. The van der Waals surface area contributed by atoms with E-state index in [9.17, 15) is 10.1 Å². The lowest BCUT2D eigenvalue weighted by atomic mass is 10.3. The number of nitro groups is 1. The molecule has 0 fully saturated rings. The van der Waals surface area contributed by atoms with Crippen LogP contribution in [0.4, 0.5) is 5.69 Å². The Balaban J connectivity index is 1.98. The third-order valence-electron chi connectivity index (χ3n) is 1.98. The highest BCUT2D eigenvalue weighted by Crippen LogP contribution is 2.17. The SMILES string of the molecule is O=[N+]([O-])c1ccc(OCc2ncc[nH]2)cc1. The topological polar surface area (TPSA) is 81.1 Å². The predicted octanol–water partition coefficient (Wildman–Crippen LogP) is 1.90. The number of ether oxygens (including phenoxy) is 1. The first kappa shape index (κ1) is 10.2. The Kier molecular flexibility index (Phi) is 2.81. The highest BCUT2D eigenvalue weighted by Gasteiger charge is 2.04. The molecule has 0 amide bonds. The van der Waals surface area contributed by atoms with E-state index in [-0.39, 0.29) is 5.69 Å². The van der Waals surface area contributed by atoms with Gasteiger partial charge in [0.2, 0.25) is 0 Å². The van der Waals surface area contributed by atoms with Crippen LogP contribution >= 0.6 is 0 Å². The van der Waals surface area contributed by atoms with Crippen molar-refractivity contribution in [2.24, 2.45) is 0 Å². The Morgan fingerprint density at radius 2 is 2.12 bits per heavy atom. The van der Waals surface area contributed by atoms with Crippen molar-refractivity contribution in [2.75, 3.05) is 0 Å². The normalized spacial score (nSPS) is 10.0. The molecule has 0 saturated heterocycles. The molecule has 0 radical (unpaired) electrons. The quantitative estimate of drug-likeness (QED) is 0.628. The average Bonchev–Trinajstić information content (AvgIpc) is 2.80. The molecule has 6 nitrogen and oxygen atoms in total. The van der Waals surface area contributed by atoms with E-state index in [2.05, 4.69) is 9.97 Å². The minimum Gasteiger partial charge on any atom is -0.486 e. The van der Waals surface area contributed by atoms with Crippen LogP contribution in [0.3, 0.4) is 0 Å². The van der Waals surface area contributed by atoms with Crippen molar-refractivity contribution in [3.63, 3.8) is 0 Å². The van der Waals surface area contributed by atoms with Crippen molar-refractivity contribution in [2.45, 2.75) is 6.61 Å². The van der Waals surface area contributed by atoms with E-state index in [1.807, 2.05) is 0 Å². The molecule has 16 heavy (non-hydrogen) atoms. The molecule has 0 spiro atoms. The van der Waals surface area contributed by atoms with Gasteiger partial charge in [-0.15, -0.1) is 0 Å². The number of hydrogen-bond donors (Lipinski definition) is 1. The number of aromatic nitrogens is 2. The molecule has 2 aromatic rings. The number of aromatic amines is 1. The molecule has 0 saturated carbocycles. The van der Waals surface area contributed by atoms with Crippen molar-refractivity contribution in [3.8, 4) is 5.75 Å². The van der Waals surface area contributed by atoms with Crippen molar-refractivity contribution < 1.29 is 9.66 Å². The third-order valence-corrected chi connectivity index (χ3v) is 1.98. The molecule has 2 rings (SSSR count). The highest BCUT2D eigenvalue weighted by molar-refractivity contribution is 5.35. The Morgan fingerprint density at radius 1 is 1.38 bits per heavy atom. The molecule has 0 unspecified atom stereocenters. The van der Waals surface area contributed by atoms with Crippen LogP contribution in [0.1, 0.15) is 5.82 Å². The van der Waals surface area contributed by atoms with Crippen LogP contribution in [0.25, 0.3) is 0 Å². The van der Waals surface area contributed by atoms with Crippen molar-refractivity contribution in [1.82, 2.24) is 9.97 Å². The zero-order valence-electron chi connectivity index (χ0n) is 8.29. The van der Waals surface area contributed by atoms with E-state index in [1.54, 1.807) is 24.5 Å². The van der Waals surface area contributed by atoms with Crippen LogP contribution in [0.15, 0.2) is 36.7 Å². The van der Waals surface area contributed by atoms with Gasteiger partial charge in [-0.25, -0.2) is 4.98 Å². The number of H-pyrrole nitrogens is 1. The molecule has 6 heteroatoms. The minimum atomic E-state index is -0.448. The van der Waals surface area contributed by atoms with Crippen LogP contribution in [-0.4, -0.2) is 14.9 Å². The van der Waals surface area contributed by atoms with Gasteiger partial charge >= 0.3 is 0 Å². The number of rotatable bonds is 4. The zero-order valence-corrected chi connectivity index (χ0v) is 8.29. The first-order chi connectivity index (χ1) is 7.75. The maximum Gasteiger partial charge on any atom is 0.269 e. The van der Waals surface area contributed by atoms with Gasteiger partial charge in [0, 0.05) is 24.5 Å². The Labute approximate surface area is 91.0 Å². The lowest BCUT2D eigenvalue weighted by Crippen LogP contribution is -1.97. The maximum absolute atomic E-state index is 10.4. The summed E-state index contributed by atoms with van der Waals surface area (Å²) >= 11 is 0. The number of imidazole rings is 1. The molecule has 1 aromatic heterocycles. The zero-order chi connectivity index (χ0) is 11.4. The molecule has 1 N–H and O–H groups in total. The van der Waals surface area contributed by atoms with Gasteiger partial charge in [0.1, 0.15) is 18.2 Å². The van der Waals surface area contributed by atoms with E-state index in [0.29, 0.717) is 18.2 Å². The first-order valence-corrected chi connectivity index (χ1v) is 4.61. The summed E-state index contributed by atoms with van der Waals surface area (Å²) in [4.78, 5) is 16.8. The van der Waals surface area contributed by atoms with Gasteiger partial charge in [0.05, 0.1) is 4.92 Å². The molecular weight excluding hydrogens is 210 g/mol. The second-order valence-electron chi connectivity index (χ2n) is 3.08. The fourth-order valence-corrected chi connectivity index (χ4v) is 1.19. The van der Waals surface area contributed by atoms with E-state index in [4.69, 9.17) is 4.74 Å². The summed E-state index contributed by atoms with van der Waals surface area (Å²) in [5, 5.41) is 10.4. The van der Waals surface area contributed by atoms with Gasteiger partial charge in [0.25, 0.3) is 5.69 Å². The van der Waals surface area contributed by atoms with Crippen molar-refractivity contribution in [3.05, 3.63) is 52.6 Å². The number of benzene rings is 1. The summed E-state index contributed by atoms with van der Waals surface area (Å²) in [6.07, 6.45) is 3.34. The molecule has 1 aromatic carbocycles. The van der Waals surface area contributed by atoms with Crippen LogP contribution in [-0.2, 0) is 6.61 Å². The average molecular weight is 219 g/mol. The second kappa shape index (κ2) is 4.43. The van der Waals surface area contributed by atoms with Crippen LogP contribution in [0.2, 0.25) is 0 Å². The monoisotopic (exact) mass is 219 g/mol. The fourth-order valence-electron chi connectivity index (χ4n) is 1.19. The summed E-state index contributed by atoms with van der Waals surface area (Å²) < 4.78 is 5.37. The number of non-ortho nitro benzene ring substituents is 1. The number of nitrogens with one attached hydrogen (secondary N) is 1. The molecule has 0 aliphatic heterocycles. The predicted molar refractivity (Wildman–Crippen MR) is 56.0 cm³/mol. The van der Waals surface area contributed by atoms with E-state index >= 15 is 0 Å². The lowest BCUT2D eigenvalue weighted by Gasteiger charge is -2.03. The molecule has 82 valence electrons. The Morgan fingerprint density at radius 3 is 2.69 bits per heavy atom. The Hall–Kier alpha value is -2.37. The smallest absolute Gasteiger partial charge is 0.269 e. The van der Waals surface area contributed by atoms with Gasteiger partial charge in [-0.1, -0.05) is 0 Å². The highest BCUT2D eigenvalue weighted by atomic mass is 16.6. The molecule has 1 heterocycles. The van der Waals surface area contributed by atoms with E-state index in [1.165, 1.54) is 12.1 Å². The van der Waals surface area contributed by atoms with Crippen molar-refractivity contribution >= 4 is 5.69 Å². The van der Waals surface area contributed by atoms with Gasteiger partial charge in [-0.05, 0) is 12.1 Å². The van der Waals surface area contributed by atoms with E-state index in [0.717, 1.165) is 0 Å². The fraction of sp³-hybridized carbons (Fsp3) is 0.100. The molecular formula is C10H9N3O3. The molecule has 0 bridgehead atoms. The molecule has 0 atom stereocenters. The minimum absolute atomic E-state index is 0.0466. The van der Waals surface area contributed by atoms with Gasteiger partial charge < -0.3 is 9.72 Å². The number of nitrogens with zero attached hydrogens (tertiary/aromatic N) is 2. The summed E-state index contributed by atoms with van der Waals surface area (Å²) in [7, 11) is 0. The lowest BCUT2D eigenvalue weighted by molar-refractivity contribution is -0.384. The molecule has 0 aliphatic rings. The van der Waals surface area contributed by atoms with Crippen LogP contribution in [0.5, 0.6) is 5.75 Å². The van der Waals surface area contributed by atoms with Gasteiger partial charge in [0.15, 0.2) is 0 Å². The standard InChI is InChI=1S/C10H9N3O3/c14-13(15)8-1-3-9(4-2-8)16-7-10-11-5-6-12-10/h1-6H,7H2,(H,11,12). The van der Waals surface area contributed by atoms with Crippen LogP contribution in [0, 0.1) is 10.1 Å². The third kappa shape index (κ3) is 2.35.